The fraction of sp³-hybridized carbons (Fsp3) is 0.534. The Morgan fingerprint density at radius 3 is 2.45 bits per heavy atom. The van der Waals surface area contributed by atoms with Gasteiger partial charge in [-0.3, -0.25) is 19.0 Å². The molecule has 18 nitrogen and oxygen atoms in total. The molecule has 3 amide bonds. The standard InChI is InChI=1S/C58H79N11O7S3Si/c1-36-42-18-16-29-67(52(42)65-64-51(36)63-57-69(35-76-30-31-80(9,10)11)43-19-12-13-20-45(43)78-57)56-62-48(55(74)75-8)46(79-56)21-17-28-66(7)27-15-14-22-47(71)61-50(58(4,5)6)54(73)68-33-41(70)32-44(68)53(72)60-37(2)39-23-25-40(26-24-39)49-38(3)59-34-77-49/h12-13,19-20,23-26,34,37,41,44,50,70H,14-18,21-22,27-33,35H2,1-11H3,(H,60,72)(H,61,71)/b63-57-/t37?,41-,44+,50?/m1/s1. The number of ether oxygens (including phenoxy) is 2. The number of amides is 3. The largest absolute Gasteiger partial charge is 0.464 e. The van der Waals surface area contributed by atoms with Crippen LogP contribution in [0.15, 0.2) is 59.0 Å². The van der Waals surface area contributed by atoms with E-state index >= 15 is 0 Å². The number of aromatic nitrogens is 5. The van der Waals surface area contributed by atoms with Crippen molar-refractivity contribution < 1.29 is 33.8 Å². The van der Waals surface area contributed by atoms with Crippen molar-refractivity contribution in [3.63, 3.8) is 0 Å². The van der Waals surface area contributed by atoms with E-state index in [0.717, 1.165) is 103 Å². The predicted molar refractivity (Wildman–Crippen MR) is 321 cm³/mol. The maximum atomic E-state index is 14.3. The summed E-state index contributed by atoms with van der Waals surface area (Å²) in [5.74, 6) is -0.167. The number of benzene rings is 2. The number of nitrogens with one attached hydrogen (secondary N) is 2. The van der Waals surface area contributed by atoms with Crippen LogP contribution in [0.5, 0.6) is 0 Å². The fourth-order valence-electron chi connectivity index (χ4n) is 10.1. The number of methoxy groups -OCH3 is 1. The van der Waals surface area contributed by atoms with Gasteiger partial charge in [0.2, 0.25) is 17.7 Å². The highest BCUT2D eigenvalue weighted by Crippen LogP contribution is 2.39. The van der Waals surface area contributed by atoms with Crippen molar-refractivity contribution in [2.24, 2.45) is 10.4 Å². The third kappa shape index (κ3) is 14.8. The van der Waals surface area contributed by atoms with Gasteiger partial charge in [0.05, 0.1) is 45.6 Å². The van der Waals surface area contributed by atoms with Crippen molar-refractivity contribution in [2.75, 3.05) is 51.8 Å². The maximum absolute atomic E-state index is 14.3. The average molecular weight is 1170 g/mol. The van der Waals surface area contributed by atoms with Crippen molar-refractivity contribution in [1.29, 1.82) is 0 Å². The number of likely N-dealkylation sites (tertiary alicyclic amines) is 1. The van der Waals surface area contributed by atoms with E-state index in [-0.39, 0.29) is 43.1 Å². The first-order chi connectivity index (χ1) is 38.1. The summed E-state index contributed by atoms with van der Waals surface area (Å²) < 4.78 is 14.7. The third-order valence-electron chi connectivity index (χ3n) is 14.9. The summed E-state index contributed by atoms with van der Waals surface area (Å²) in [6, 6.07) is 15.2. The summed E-state index contributed by atoms with van der Waals surface area (Å²) in [6.45, 7) is 21.9. The molecule has 8 rings (SSSR count). The zero-order valence-corrected chi connectivity index (χ0v) is 51.7. The first-order valence-electron chi connectivity index (χ1n) is 27.8. The van der Waals surface area contributed by atoms with Gasteiger partial charge in [-0.15, -0.1) is 32.9 Å². The molecule has 0 spiro atoms. The molecule has 4 aromatic heterocycles. The van der Waals surface area contributed by atoms with Crippen LogP contribution in [0, 0.1) is 19.3 Å². The lowest BCUT2D eigenvalue weighted by molar-refractivity contribution is -0.144. The Morgan fingerprint density at radius 2 is 1.74 bits per heavy atom. The smallest absolute Gasteiger partial charge is 0.357 e. The minimum Gasteiger partial charge on any atom is -0.464 e. The molecule has 0 aliphatic carbocycles. The number of aliphatic hydroxyl groups is 1. The van der Waals surface area contributed by atoms with Crippen LogP contribution in [0.2, 0.25) is 25.7 Å². The normalized spacial score (nSPS) is 16.8. The first-order valence-corrected chi connectivity index (χ1v) is 34.0. The molecule has 2 unspecified atom stereocenters. The number of hydrogen-bond donors (Lipinski definition) is 3. The van der Waals surface area contributed by atoms with Gasteiger partial charge >= 0.3 is 5.97 Å². The number of rotatable bonds is 23. The topological polar surface area (TPSA) is 210 Å². The molecular formula is C58H79N11O7S3Si. The Morgan fingerprint density at radius 1 is 0.988 bits per heavy atom. The highest BCUT2D eigenvalue weighted by atomic mass is 32.1. The van der Waals surface area contributed by atoms with E-state index in [9.17, 15) is 24.3 Å². The molecule has 2 aliphatic rings. The summed E-state index contributed by atoms with van der Waals surface area (Å²) in [7, 11) is 2.17. The monoisotopic (exact) mass is 1170 g/mol. The summed E-state index contributed by atoms with van der Waals surface area (Å²) in [4.78, 5) is 77.5. The zero-order chi connectivity index (χ0) is 57.5. The number of para-hydroxylation sites is 1. The van der Waals surface area contributed by atoms with Gasteiger partial charge in [0.15, 0.2) is 27.3 Å². The number of hydrogen-bond acceptors (Lipinski definition) is 17. The van der Waals surface area contributed by atoms with Crippen LogP contribution in [0.4, 0.5) is 16.8 Å². The van der Waals surface area contributed by atoms with Crippen molar-refractivity contribution >= 4 is 92.8 Å². The molecule has 22 heteroatoms. The molecule has 2 aliphatic heterocycles. The average Bonchev–Trinajstić information content (AvgIpc) is 4.31. The molecule has 0 radical (unpaired) electrons. The van der Waals surface area contributed by atoms with E-state index in [0.29, 0.717) is 49.4 Å². The molecule has 0 saturated carbocycles. The van der Waals surface area contributed by atoms with Gasteiger partial charge in [0.25, 0.3) is 0 Å². The van der Waals surface area contributed by atoms with Crippen molar-refractivity contribution in [1.82, 2.24) is 45.2 Å². The van der Waals surface area contributed by atoms with Crippen LogP contribution in [0.3, 0.4) is 0 Å². The van der Waals surface area contributed by atoms with Gasteiger partial charge in [-0.25, -0.2) is 14.8 Å². The second-order valence-corrected chi connectivity index (χ2v) is 32.0. The SMILES string of the molecule is COC(=O)c1nc(N2CCCc3c2nnc(/N=c2\sc4ccccc4n2COCC[Si](C)(C)C)c3C)sc1CCCN(C)CCCCC(=O)NC(C(=O)N1C[C@H](O)C[C@H]1C(=O)NC(C)c1ccc(-c2scnc2C)cc1)C(C)(C)C. The number of carbonyl (C=O) groups excluding carboxylic acids is 4. The summed E-state index contributed by atoms with van der Waals surface area (Å²) in [5, 5.41) is 26.9. The van der Waals surface area contributed by atoms with Crippen molar-refractivity contribution in [3.8, 4) is 10.4 Å². The lowest BCUT2D eigenvalue weighted by Crippen LogP contribution is -2.57. The number of aryl methyl sites for hydroxylation is 2. The number of thiazole rings is 3. The number of β-amino-alcohol motifs (C(OH)–C–C–N with tert-alkyl or cyclic N) is 1. The van der Waals surface area contributed by atoms with Crippen LogP contribution in [0.1, 0.15) is 110 Å². The third-order valence-corrected chi connectivity index (χ3v) is 19.7. The number of carbonyl (C=O) groups is 4. The van der Waals surface area contributed by atoms with E-state index in [4.69, 9.17) is 24.5 Å². The Hall–Kier alpha value is -5.75. The highest BCUT2D eigenvalue weighted by Gasteiger charge is 2.45. The fourth-order valence-corrected chi connectivity index (χ4v) is 13.8. The lowest BCUT2D eigenvalue weighted by Gasteiger charge is -2.35. The lowest BCUT2D eigenvalue weighted by atomic mass is 9.85. The number of esters is 1. The molecule has 3 N–H and O–H groups in total. The van der Waals surface area contributed by atoms with Crippen LogP contribution in [-0.4, -0.2) is 137 Å². The summed E-state index contributed by atoms with van der Waals surface area (Å²) in [6.07, 6.45) is 3.90. The Bertz CT molecular complexity index is 3220. The van der Waals surface area contributed by atoms with Gasteiger partial charge < -0.3 is 39.9 Å². The molecule has 1 saturated heterocycles. The van der Waals surface area contributed by atoms with Gasteiger partial charge in [-0.1, -0.05) is 88.1 Å². The molecule has 6 heterocycles. The predicted octanol–water partition coefficient (Wildman–Crippen LogP) is 9.51. The van der Waals surface area contributed by atoms with E-state index in [1.165, 1.54) is 23.3 Å². The molecule has 1 fully saturated rings. The highest BCUT2D eigenvalue weighted by molar-refractivity contribution is 7.16. The Labute approximate surface area is 483 Å². The molecule has 0 bridgehead atoms. The number of unbranched alkanes of at least 4 members (excludes halogenated alkanes) is 1. The summed E-state index contributed by atoms with van der Waals surface area (Å²) >= 11 is 4.67. The van der Waals surface area contributed by atoms with Crippen LogP contribution in [-0.2, 0) is 43.4 Å². The molecule has 430 valence electrons. The van der Waals surface area contributed by atoms with Crippen LogP contribution >= 0.6 is 34.0 Å². The first kappa shape index (κ1) is 60.3. The minimum absolute atomic E-state index is 0.00261. The van der Waals surface area contributed by atoms with E-state index in [1.54, 1.807) is 22.7 Å². The van der Waals surface area contributed by atoms with E-state index < -0.39 is 37.6 Å². The van der Waals surface area contributed by atoms with Gasteiger partial charge in [0.1, 0.15) is 18.8 Å². The van der Waals surface area contributed by atoms with Gasteiger partial charge in [-0.05, 0) is 114 Å². The number of anilines is 2. The van der Waals surface area contributed by atoms with Crippen LogP contribution in [0.25, 0.3) is 20.7 Å². The zero-order valence-electron chi connectivity index (χ0n) is 48.3. The van der Waals surface area contributed by atoms with Gasteiger partial charge in [0, 0.05) is 56.6 Å². The quantitative estimate of drug-likeness (QED) is 0.0311. The van der Waals surface area contributed by atoms with Crippen molar-refractivity contribution in [2.45, 2.75) is 150 Å². The molecular weight excluding hydrogens is 1090 g/mol. The van der Waals surface area contributed by atoms with E-state index in [1.807, 2.05) is 83.6 Å². The van der Waals surface area contributed by atoms with Crippen LogP contribution < -0.4 is 20.3 Å². The van der Waals surface area contributed by atoms with Crippen molar-refractivity contribution in [3.05, 3.63) is 91.8 Å². The number of nitrogens with zero attached hydrogens (tertiary/aromatic N) is 9. The van der Waals surface area contributed by atoms with E-state index in [2.05, 4.69) is 73.8 Å². The molecule has 6 aromatic rings. The molecule has 80 heavy (non-hydrogen) atoms. The molecule has 4 atom stereocenters. The Kier molecular flexibility index (Phi) is 19.9. The Balaban J connectivity index is 0.831. The molecule has 2 aromatic carbocycles. The maximum Gasteiger partial charge on any atom is 0.357 e. The second kappa shape index (κ2) is 26.4. The number of fused-ring (bicyclic) bond motifs is 2. The second-order valence-electron chi connectivity index (χ2n) is 23.5. The van der Waals surface area contributed by atoms with Gasteiger partial charge in [-0.2, -0.15) is 4.99 Å². The number of aliphatic hydroxyl groups excluding tert-OH is 1. The minimum atomic E-state index is -1.25. The summed E-state index contributed by atoms with van der Waals surface area (Å²) in [5.41, 5.74) is 7.49.